The van der Waals surface area contributed by atoms with Gasteiger partial charge in [-0.2, -0.15) is 0 Å². The molecule has 0 unspecified atom stereocenters. The second-order valence-corrected chi connectivity index (χ2v) is 6.80. The first kappa shape index (κ1) is 16.8. The molecule has 26 heavy (non-hydrogen) atoms. The summed E-state index contributed by atoms with van der Waals surface area (Å²) in [6.07, 6.45) is 7.44. The van der Waals surface area contributed by atoms with Gasteiger partial charge in [0, 0.05) is 30.4 Å². The maximum atomic E-state index is 12.8. The topological polar surface area (TPSA) is 59.2 Å². The van der Waals surface area contributed by atoms with Crippen LogP contribution in [-0.2, 0) is 6.42 Å². The van der Waals surface area contributed by atoms with Gasteiger partial charge in [-0.1, -0.05) is 23.7 Å². The van der Waals surface area contributed by atoms with Gasteiger partial charge in [0.2, 0.25) is 5.89 Å². The lowest BCUT2D eigenvalue weighted by atomic mass is 10.1. The number of pyridine rings is 1. The Balaban J connectivity index is 1.51. The minimum Gasteiger partial charge on any atom is -0.443 e. The molecular formula is C20H18ClN3O2. The summed E-state index contributed by atoms with van der Waals surface area (Å²) >= 11 is 5.92. The molecule has 4 rings (SSSR count). The van der Waals surface area contributed by atoms with Gasteiger partial charge in [-0.25, -0.2) is 4.98 Å². The average Bonchev–Trinajstić information content (AvgIpc) is 3.33. The van der Waals surface area contributed by atoms with Crippen molar-refractivity contribution in [2.45, 2.75) is 25.3 Å². The molecular weight excluding hydrogens is 350 g/mol. The molecule has 1 fully saturated rings. The third-order valence-corrected chi connectivity index (χ3v) is 4.82. The average molecular weight is 368 g/mol. The van der Waals surface area contributed by atoms with Gasteiger partial charge in [0.05, 0.1) is 11.8 Å². The molecule has 0 bridgehead atoms. The smallest absolute Gasteiger partial charge is 0.256 e. The van der Waals surface area contributed by atoms with E-state index in [0.29, 0.717) is 29.4 Å². The Kier molecular flexibility index (Phi) is 4.71. The summed E-state index contributed by atoms with van der Waals surface area (Å²) in [6, 6.07) is 11.1. The van der Waals surface area contributed by atoms with Crippen molar-refractivity contribution in [1.29, 1.82) is 0 Å². The molecule has 1 amide bonds. The van der Waals surface area contributed by atoms with Crippen molar-refractivity contribution in [2.24, 2.45) is 0 Å². The predicted molar refractivity (Wildman–Crippen MR) is 98.0 cm³/mol. The Morgan fingerprint density at radius 3 is 2.85 bits per heavy atom. The maximum Gasteiger partial charge on any atom is 0.256 e. The van der Waals surface area contributed by atoms with E-state index in [2.05, 4.69) is 9.97 Å². The molecule has 3 aromatic rings. The molecule has 1 aliphatic rings. The second-order valence-electron chi connectivity index (χ2n) is 6.37. The Labute approximate surface area is 156 Å². The number of halogens is 1. The first-order chi connectivity index (χ1) is 12.7. The molecule has 0 radical (unpaired) electrons. The largest absolute Gasteiger partial charge is 0.443 e. The molecule has 132 valence electrons. The lowest BCUT2D eigenvalue weighted by molar-refractivity contribution is 0.0714. The predicted octanol–water partition coefficient (Wildman–Crippen LogP) is 4.29. The molecule has 0 spiro atoms. The van der Waals surface area contributed by atoms with Crippen molar-refractivity contribution in [2.75, 3.05) is 6.54 Å². The highest BCUT2D eigenvalue weighted by molar-refractivity contribution is 6.30. The third-order valence-electron chi connectivity index (χ3n) is 4.57. The zero-order chi connectivity index (χ0) is 17.9. The van der Waals surface area contributed by atoms with Crippen LogP contribution >= 0.6 is 11.6 Å². The summed E-state index contributed by atoms with van der Waals surface area (Å²) in [7, 11) is 0. The van der Waals surface area contributed by atoms with E-state index in [4.69, 9.17) is 16.0 Å². The zero-order valence-electron chi connectivity index (χ0n) is 14.1. The molecule has 1 atom stereocenters. The number of carbonyl (C=O) groups excluding carboxylic acids is 1. The van der Waals surface area contributed by atoms with Gasteiger partial charge in [0.25, 0.3) is 5.91 Å². The Hall–Kier alpha value is -2.66. The zero-order valence-corrected chi connectivity index (χ0v) is 14.9. The second kappa shape index (κ2) is 7.30. The summed E-state index contributed by atoms with van der Waals surface area (Å²) in [6.45, 7) is 0.702. The van der Waals surface area contributed by atoms with Gasteiger partial charge in [-0.15, -0.1) is 0 Å². The Bertz CT molecular complexity index is 893. The number of likely N-dealkylation sites (tertiary alicyclic amines) is 1. The van der Waals surface area contributed by atoms with Crippen LogP contribution in [0.25, 0.3) is 0 Å². The summed E-state index contributed by atoms with van der Waals surface area (Å²) in [5.41, 5.74) is 1.69. The van der Waals surface area contributed by atoms with E-state index in [9.17, 15) is 4.79 Å². The van der Waals surface area contributed by atoms with E-state index in [1.807, 2.05) is 29.2 Å². The van der Waals surface area contributed by atoms with Crippen LogP contribution < -0.4 is 0 Å². The highest BCUT2D eigenvalue weighted by Gasteiger charge is 2.33. The minimum absolute atomic E-state index is 0.0296. The molecule has 5 nitrogen and oxygen atoms in total. The normalized spacial score (nSPS) is 16.8. The number of carbonyl (C=O) groups is 1. The summed E-state index contributed by atoms with van der Waals surface area (Å²) < 4.78 is 5.96. The van der Waals surface area contributed by atoms with Gasteiger partial charge in [-0.3, -0.25) is 9.78 Å². The van der Waals surface area contributed by atoms with E-state index < -0.39 is 0 Å². The van der Waals surface area contributed by atoms with Crippen LogP contribution in [0.1, 0.15) is 46.5 Å². The number of hydrogen-bond donors (Lipinski definition) is 0. The van der Waals surface area contributed by atoms with E-state index in [1.54, 1.807) is 30.7 Å². The highest BCUT2D eigenvalue weighted by atomic mass is 35.5. The van der Waals surface area contributed by atoms with Crippen molar-refractivity contribution < 1.29 is 9.21 Å². The van der Waals surface area contributed by atoms with Crippen LogP contribution in [-0.4, -0.2) is 27.3 Å². The fraction of sp³-hybridized carbons (Fsp3) is 0.250. The number of hydrogen-bond acceptors (Lipinski definition) is 4. The molecule has 0 saturated carbocycles. The van der Waals surface area contributed by atoms with Crippen LogP contribution in [0.3, 0.4) is 0 Å². The van der Waals surface area contributed by atoms with Crippen LogP contribution in [0, 0.1) is 0 Å². The van der Waals surface area contributed by atoms with E-state index in [0.717, 1.165) is 24.2 Å². The van der Waals surface area contributed by atoms with Crippen molar-refractivity contribution in [3.05, 3.63) is 82.8 Å². The fourth-order valence-corrected chi connectivity index (χ4v) is 3.41. The maximum absolute atomic E-state index is 12.8. The number of amides is 1. The van der Waals surface area contributed by atoms with Gasteiger partial charge < -0.3 is 9.32 Å². The molecule has 2 aromatic heterocycles. The lowest BCUT2D eigenvalue weighted by Crippen LogP contribution is -2.30. The van der Waals surface area contributed by atoms with Crippen molar-refractivity contribution in [3.63, 3.8) is 0 Å². The SMILES string of the molecule is O=C(c1cccnc1)N1CCC[C@H]1c1ncc(Cc2ccc(Cl)cc2)o1. The third kappa shape index (κ3) is 3.48. The van der Waals surface area contributed by atoms with Crippen molar-refractivity contribution >= 4 is 17.5 Å². The number of nitrogens with zero attached hydrogens (tertiary/aromatic N) is 3. The summed E-state index contributed by atoms with van der Waals surface area (Å²) in [5, 5.41) is 0.711. The van der Waals surface area contributed by atoms with Gasteiger partial charge in [-0.05, 0) is 42.7 Å². The van der Waals surface area contributed by atoms with Gasteiger partial charge >= 0.3 is 0 Å². The summed E-state index contributed by atoms with van der Waals surface area (Å²) in [4.78, 5) is 23.1. The van der Waals surface area contributed by atoms with Gasteiger partial charge in [0.1, 0.15) is 11.8 Å². The van der Waals surface area contributed by atoms with E-state index in [1.165, 1.54) is 0 Å². The highest BCUT2D eigenvalue weighted by Crippen LogP contribution is 2.33. The van der Waals surface area contributed by atoms with E-state index >= 15 is 0 Å². The van der Waals surface area contributed by atoms with Gasteiger partial charge in [0.15, 0.2) is 0 Å². The number of rotatable bonds is 4. The fourth-order valence-electron chi connectivity index (χ4n) is 3.28. The Morgan fingerprint density at radius 1 is 1.23 bits per heavy atom. The van der Waals surface area contributed by atoms with Crippen LogP contribution in [0.4, 0.5) is 0 Å². The molecule has 1 saturated heterocycles. The number of aromatic nitrogens is 2. The molecule has 1 aliphatic heterocycles. The van der Waals surface area contributed by atoms with E-state index in [-0.39, 0.29) is 11.9 Å². The monoisotopic (exact) mass is 367 g/mol. The first-order valence-corrected chi connectivity index (χ1v) is 8.98. The van der Waals surface area contributed by atoms with Crippen LogP contribution in [0.2, 0.25) is 5.02 Å². The quantitative estimate of drug-likeness (QED) is 0.690. The molecule has 3 heterocycles. The minimum atomic E-state index is -0.123. The van der Waals surface area contributed by atoms with Crippen molar-refractivity contribution in [3.8, 4) is 0 Å². The van der Waals surface area contributed by atoms with Crippen LogP contribution in [0.15, 0.2) is 59.4 Å². The molecule has 0 N–H and O–H groups in total. The molecule has 0 aliphatic carbocycles. The first-order valence-electron chi connectivity index (χ1n) is 8.61. The summed E-state index contributed by atoms with van der Waals surface area (Å²) in [5.74, 6) is 1.35. The number of benzene rings is 1. The van der Waals surface area contributed by atoms with Crippen molar-refractivity contribution in [1.82, 2.24) is 14.9 Å². The molecule has 6 heteroatoms. The standard InChI is InChI=1S/C20H18ClN3O2/c21-16-7-5-14(6-8-16)11-17-13-23-19(26-17)18-4-2-10-24(18)20(25)15-3-1-9-22-12-15/h1,3,5-9,12-13,18H,2,4,10-11H2/t18-/m0/s1. The number of oxazole rings is 1. The molecule has 1 aromatic carbocycles. The van der Waals surface area contributed by atoms with Crippen LogP contribution in [0.5, 0.6) is 0 Å². The Morgan fingerprint density at radius 2 is 2.08 bits per heavy atom. The lowest BCUT2D eigenvalue weighted by Gasteiger charge is -2.22.